The van der Waals surface area contributed by atoms with Gasteiger partial charge in [-0.15, -0.1) is 0 Å². The molecule has 1 N–H and O–H groups in total. The third kappa shape index (κ3) is 3.00. The zero-order chi connectivity index (χ0) is 16.4. The maximum atomic E-state index is 6.15. The number of fused-ring (bicyclic) bond motifs is 1. The van der Waals surface area contributed by atoms with Gasteiger partial charge in [-0.1, -0.05) is 11.6 Å². The van der Waals surface area contributed by atoms with E-state index in [-0.39, 0.29) is 0 Å². The first-order valence-electron chi connectivity index (χ1n) is 7.02. The van der Waals surface area contributed by atoms with Crippen LogP contribution in [0.3, 0.4) is 0 Å². The molecule has 2 aromatic carbocycles. The van der Waals surface area contributed by atoms with Crippen molar-refractivity contribution >= 4 is 34.0 Å². The van der Waals surface area contributed by atoms with E-state index in [0.717, 1.165) is 27.9 Å². The van der Waals surface area contributed by atoms with E-state index in [1.165, 1.54) is 6.33 Å². The summed E-state index contributed by atoms with van der Waals surface area (Å²) in [6, 6.07) is 9.38. The summed E-state index contributed by atoms with van der Waals surface area (Å²) in [6.07, 6.45) is 1.51. The second-order valence-corrected chi connectivity index (χ2v) is 5.44. The Morgan fingerprint density at radius 2 is 1.87 bits per heavy atom. The van der Waals surface area contributed by atoms with Gasteiger partial charge in [0.05, 0.1) is 25.4 Å². The number of aromatic nitrogens is 2. The number of halogens is 1. The second-order valence-electron chi connectivity index (χ2n) is 5.03. The van der Waals surface area contributed by atoms with E-state index in [4.69, 9.17) is 21.1 Å². The van der Waals surface area contributed by atoms with E-state index in [0.29, 0.717) is 16.6 Å². The molecule has 0 spiro atoms. The van der Waals surface area contributed by atoms with Crippen LogP contribution in [0.4, 0.5) is 11.5 Å². The minimum Gasteiger partial charge on any atom is -0.497 e. The highest BCUT2D eigenvalue weighted by molar-refractivity contribution is 6.31. The van der Waals surface area contributed by atoms with E-state index in [1.54, 1.807) is 20.3 Å². The summed E-state index contributed by atoms with van der Waals surface area (Å²) in [4.78, 5) is 8.62. The molecule has 0 atom stereocenters. The lowest BCUT2D eigenvalue weighted by molar-refractivity contribution is 0.415. The van der Waals surface area contributed by atoms with Crippen LogP contribution < -0.4 is 14.8 Å². The van der Waals surface area contributed by atoms with E-state index < -0.39 is 0 Å². The molecule has 3 aromatic rings. The van der Waals surface area contributed by atoms with Crippen molar-refractivity contribution in [1.82, 2.24) is 9.97 Å². The molecule has 6 heteroatoms. The second kappa shape index (κ2) is 6.30. The molecule has 5 nitrogen and oxygen atoms in total. The fourth-order valence-corrected chi connectivity index (χ4v) is 2.47. The molecule has 118 valence electrons. The van der Waals surface area contributed by atoms with Crippen molar-refractivity contribution in [3.8, 4) is 11.5 Å². The van der Waals surface area contributed by atoms with Gasteiger partial charge in [-0.05, 0) is 30.7 Å². The fourth-order valence-electron chi connectivity index (χ4n) is 2.32. The first kappa shape index (κ1) is 15.4. The smallest absolute Gasteiger partial charge is 0.143 e. The Hall–Kier alpha value is -2.53. The lowest BCUT2D eigenvalue weighted by atomic mass is 10.2. The standard InChI is InChI=1S/C17H16ClN3O2/c1-10-6-15(16(23-3)8-13(10)18)21-17-12-5-4-11(22-2)7-14(12)19-9-20-17/h4-9H,1-3H3,(H,19,20,21). The lowest BCUT2D eigenvalue weighted by Gasteiger charge is -2.14. The van der Waals surface area contributed by atoms with Crippen molar-refractivity contribution < 1.29 is 9.47 Å². The molecule has 0 aliphatic rings. The van der Waals surface area contributed by atoms with Gasteiger partial charge in [0, 0.05) is 22.5 Å². The van der Waals surface area contributed by atoms with Crippen LogP contribution in [0.2, 0.25) is 5.02 Å². The van der Waals surface area contributed by atoms with Crippen molar-refractivity contribution in [1.29, 1.82) is 0 Å². The van der Waals surface area contributed by atoms with Crippen molar-refractivity contribution in [2.45, 2.75) is 6.92 Å². The van der Waals surface area contributed by atoms with E-state index >= 15 is 0 Å². The van der Waals surface area contributed by atoms with Crippen LogP contribution in [0.25, 0.3) is 10.9 Å². The largest absolute Gasteiger partial charge is 0.497 e. The van der Waals surface area contributed by atoms with Gasteiger partial charge in [0.2, 0.25) is 0 Å². The van der Waals surface area contributed by atoms with Crippen LogP contribution >= 0.6 is 11.6 Å². The average Bonchev–Trinajstić information content (AvgIpc) is 2.57. The average molecular weight is 330 g/mol. The first-order chi connectivity index (χ1) is 11.1. The lowest BCUT2D eigenvalue weighted by Crippen LogP contribution is -1.99. The van der Waals surface area contributed by atoms with Gasteiger partial charge in [0.15, 0.2) is 0 Å². The van der Waals surface area contributed by atoms with Gasteiger partial charge in [-0.25, -0.2) is 9.97 Å². The molecule has 1 aromatic heterocycles. The highest BCUT2D eigenvalue weighted by atomic mass is 35.5. The van der Waals surface area contributed by atoms with Gasteiger partial charge < -0.3 is 14.8 Å². The number of benzene rings is 2. The molecule has 0 saturated heterocycles. The number of aryl methyl sites for hydroxylation is 1. The van der Waals surface area contributed by atoms with E-state index in [9.17, 15) is 0 Å². The monoisotopic (exact) mass is 329 g/mol. The van der Waals surface area contributed by atoms with E-state index in [2.05, 4.69) is 15.3 Å². The third-order valence-corrected chi connectivity index (χ3v) is 3.98. The zero-order valence-electron chi connectivity index (χ0n) is 13.1. The Balaban J connectivity index is 2.07. The maximum absolute atomic E-state index is 6.15. The summed E-state index contributed by atoms with van der Waals surface area (Å²) in [6.45, 7) is 1.94. The van der Waals surface area contributed by atoms with E-state index in [1.807, 2.05) is 31.2 Å². The molecule has 3 rings (SSSR count). The predicted molar refractivity (Wildman–Crippen MR) is 92.1 cm³/mol. The van der Waals surface area contributed by atoms with Crippen LogP contribution in [0.15, 0.2) is 36.7 Å². The Morgan fingerprint density at radius 3 is 2.61 bits per heavy atom. The summed E-state index contributed by atoms with van der Waals surface area (Å²) in [7, 11) is 3.23. The fraction of sp³-hybridized carbons (Fsp3) is 0.176. The van der Waals surface area contributed by atoms with Crippen LogP contribution in [-0.2, 0) is 0 Å². The molecule has 0 unspecified atom stereocenters. The zero-order valence-corrected chi connectivity index (χ0v) is 13.8. The molecule has 0 aliphatic heterocycles. The van der Waals surface area contributed by atoms with Gasteiger partial charge in [-0.2, -0.15) is 0 Å². The topological polar surface area (TPSA) is 56.3 Å². The number of methoxy groups -OCH3 is 2. The number of hydrogen-bond acceptors (Lipinski definition) is 5. The van der Waals surface area contributed by atoms with Crippen molar-refractivity contribution in [2.24, 2.45) is 0 Å². The summed E-state index contributed by atoms with van der Waals surface area (Å²) >= 11 is 6.15. The molecule has 23 heavy (non-hydrogen) atoms. The molecule has 0 saturated carbocycles. The highest BCUT2D eigenvalue weighted by Gasteiger charge is 2.10. The number of hydrogen-bond donors (Lipinski definition) is 1. The third-order valence-electron chi connectivity index (χ3n) is 3.58. The van der Waals surface area contributed by atoms with Crippen LogP contribution in [0.1, 0.15) is 5.56 Å². The van der Waals surface area contributed by atoms with Crippen LogP contribution in [0, 0.1) is 6.92 Å². The summed E-state index contributed by atoms with van der Waals surface area (Å²) in [5, 5.41) is 4.85. The Labute approximate surface area is 139 Å². The molecular formula is C17H16ClN3O2. The van der Waals surface area contributed by atoms with Crippen molar-refractivity contribution in [3.05, 3.63) is 47.2 Å². The summed E-state index contributed by atoms with van der Waals surface area (Å²) < 4.78 is 10.6. The van der Waals surface area contributed by atoms with Crippen LogP contribution in [-0.4, -0.2) is 24.2 Å². The van der Waals surface area contributed by atoms with Crippen LogP contribution in [0.5, 0.6) is 11.5 Å². The molecular weight excluding hydrogens is 314 g/mol. The quantitative estimate of drug-likeness (QED) is 0.771. The van der Waals surface area contributed by atoms with Gasteiger partial charge in [-0.3, -0.25) is 0 Å². The minimum atomic E-state index is 0.654. The normalized spacial score (nSPS) is 10.6. The van der Waals surface area contributed by atoms with Gasteiger partial charge in [0.1, 0.15) is 23.6 Å². The molecule has 0 amide bonds. The Morgan fingerprint density at radius 1 is 1.04 bits per heavy atom. The number of nitrogens with one attached hydrogen (secondary N) is 1. The van der Waals surface area contributed by atoms with Crippen molar-refractivity contribution in [3.63, 3.8) is 0 Å². The maximum Gasteiger partial charge on any atom is 0.143 e. The molecule has 0 radical (unpaired) electrons. The SMILES string of the molecule is COc1ccc2c(Nc3cc(C)c(Cl)cc3OC)ncnc2c1. The number of anilines is 2. The predicted octanol–water partition coefficient (Wildman–Crippen LogP) is 4.35. The number of rotatable bonds is 4. The molecule has 0 aliphatic carbocycles. The first-order valence-corrected chi connectivity index (χ1v) is 7.40. The Bertz CT molecular complexity index is 868. The number of nitrogens with zero attached hydrogens (tertiary/aromatic N) is 2. The Kier molecular flexibility index (Phi) is 4.21. The highest BCUT2D eigenvalue weighted by Crippen LogP contribution is 2.34. The summed E-state index contributed by atoms with van der Waals surface area (Å²) in [5.74, 6) is 2.10. The summed E-state index contributed by atoms with van der Waals surface area (Å²) in [5.41, 5.74) is 2.55. The minimum absolute atomic E-state index is 0.654. The number of ether oxygens (including phenoxy) is 2. The molecule has 0 bridgehead atoms. The molecule has 0 fully saturated rings. The van der Waals surface area contributed by atoms with Gasteiger partial charge in [0.25, 0.3) is 0 Å². The van der Waals surface area contributed by atoms with Gasteiger partial charge >= 0.3 is 0 Å². The molecule has 1 heterocycles. The van der Waals surface area contributed by atoms with Crippen molar-refractivity contribution in [2.75, 3.05) is 19.5 Å².